The molecule has 1 atom stereocenters. The van der Waals surface area contributed by atoms with Crippen molar-refractivity contribution >= 4 is 35.0 Å². The molecular weight excluding hydrogens is 297 g/mol. The van der Waals surface area contributed by atoms with Gasteiger partial charge in [0.05, 0.1) is 5.75 Å². The zero-order valence-corrected chi connectivity index (χ0v) is 12.0. The second-order valence-corrected chi connectivity index (χ2v) is 5.93. The lowest BCUT2D eigenvalue weighted by molar-refractivity contribution is -0.115. The summed E-state index contributed by atoms with van der Waals surface area (Å²) in [5.74, 6) is 0.00292. The summed E-state index contributed by atoms with van der Waals surface area (Å²) in [5, 5.41) is 0.210. The van der Waals surface area contributed by atoms with Gasteiger partial charge in [-0.05, 0) is 24.3 Å². The topological polar surface area (TPSA) is 20.3 Å². The van der Waals surface area contributed by atoms with Gasteiger partial charge in [-0.2, -0.15) is 0 Å². The number of carbonyl (C=O) groups is 1. The molecule has 102 valence electrons. The van der Waals surface area contributed by atoms with Crippen LogP contribution in [0.4, 0.5) is 10.1 Å². The van der Waals surface area contributed by atoms with Gasteiger partial charge < -0.3 is 0 Å². The van der Waals surface area contributed by atoms with Gasteiger partial charge in [-0.1, -0.05) is 35.9 Å². The second-order valence-electron chi connectivity index (χ2n) is 4.43. The molecule has 0 N–H and O–H groups in total. The highest BCUT2D eigenvalue weighted by molar-refractivity contribution is 8.00. The Morgan fingerprint density at radius 1 is 1.20 bits per heavy atom. The lowest BCUT2D eigenvalue weighted by Gasteiger charge is -2.24. The van der Waals surface area contributed by atoms with Gasteiger partial charge in [0, 0.05) is 16.3 Å². The quantitative estimate of drug-likeness (QED) is 0.826. The molecule has 0 aromatic heterocycles. The average Bonchev–Trinajstić information content (AvgIpc) is 2.81. The van der Waals surface area contributed by atoms with Crippen LogP contribution in [0.5, 0.6) is 0 Å². The molecule has 20 heavy (non-hydrogen) atoms. The van der Waals surface area contributed by atoms with Gasteiger partial charge in [0.25, 0.3) is 0 Å². The standard InChI is InChI=1S/C15H11ClFNOS/c16-10-4-3-5-11(8-10)18-14(19)9-20-15(18)12-6-1-2-7-13(12)17/h1-8,15H,9H2/t15-/m1/s1. The Kier molecular flexibility index (Phi) is 3.68. The molecule has 0 bridgehead atoms. The van der Waals surface area contributed by atoms with E-state index >= 15 is 0 Å². The van der Waals surface area contributed by atoms with Crippen LogP contribution in [0.3, 0.4) is 0 Å². The van der Waals surface area contributed by atoms with Crippen LogP contribution in [0.2, 0.25) is 5.02 Å². The van der Waals surface area contributed by atoms with E-state index in [0.29, 0.717) is 22.0 Å². The Morgan fingerprint density at radius 2 is 2.00 bits per heavy atom. The van der Waals surface area contributed by atoms with Crippen LogP contribution >= 0.6 is 23.4 Å². The van der Waals surface area contributed by atoms with Crippen molar-refractivity contribution in [1.29, 1.82) is 0 Å². The van der Waals surface area contributed by atoms with E-state index in [4.69, 9.17) is 11.6 Å². The third-order valence-electron chi connectivity index (χ3n) is 3.13. The minimum absolute atomic E-state index is 0.0366. The number of anilines is 1. The zero-order valence-electron chi connectivity index (χ0n) is 10.4. The Labute approximate surface area is 125 Å². The lowest BCUT2D eigenvalue weighted by Crippen LogP contribution is -2.28. The van der Waals surface area contributed by atoms with Crippen molar-refractivity contribution in [2.75, 3.05) is 10.7 Å². The summed E-state index contributed by atoms with van der Waals surface area (Å²) in [6.07, 6.45) is 0. The molecule has 1 aliphatic rings. The molecule has 2 aromatic carbocycles. The summed E-state index contributed by atoms with van der Waals surface area (Å²) in [5.41, 5.74) is 1.21. The lowest BCUT2D eigenvalue weighted by atomic mass is 10.1. The molecule has 0 unspecified atom stereocenters. The molecule has 0 radical (unpaired) electrons. The van der Waals surface area contributed by atoms with Gasteiger partial charge in [0.15, 0.2) is 0 Å². The highest BCUT2D eigenvalue weighted by atomic mass is 35.5. The predicted octanol–water partition coefficient (Wildman–Crippen LogP) is 4.26. The van der Waals surface area contributed by atoms with E-state index in [1.165, 1.54) is 17.8 Å². The van der Waals surface area contributed by atoms with Crippen LogP contribution in [0, 0.1) is 5.82 Å². The smallest absolute Gasteiger partial charge is 0.238 e. The van der Waals surface area contributed by atoms with E-state index in [2.05, 4.69) is 0 Å². The maximum absolute atomic E-state index is 14.0. The molecule has 0 spiro atoms. The molecule has 3 rings (SSSR count). The van der Waals surface area contributed by atoms with Crippen molar-refractivity contribution < 1.29 is 9.18 Å². The summed E-state index contributed by atoms with van der Waals surface area (Å²) in [6, 6.07) is 13.6. The number of hydrogen-bond donors (Lipinski definition) is 0. The average molecular weight is 308 g/mol. The molecular formula is C15H11ClFNOS. The Bertz CT molecular complexity index is 664. The molecule has 1 aliphatic heterocycles. The summed E-state index contributed by atoms with van der Waals surface area (Å²) in [7, 11) is 0. The molecule has 1 saturated heterocycles. The number of hydrogen-bond acceptors (Lipinski definition) is 2. The van der Waals surface area contributed by atoms with E-state index < -0.39 is 0 Å². The fourth-order valence-corrected chi connectivity index (χ4v) is 3.62. The monoisotopic (exact) mass is 307 g/mol. The van der Waals surface area contributed by atoms with Crippen LogP contribution in [0.1, 0.15) is 10.9 Å². The van der Waals surface area contributed by atoms with Crippen LogP contribution in [-0.2, 0) is 4.79 Å². The highest BCUT2D eigenvalue weighted by Crippen LogP contribution is 2.42. The van der Waals surface area contributed by atoms with Gasteiger partial charge in [0.1, 0.15) is 11.2 Å². The first-order valence-electron chi connectivity index (χ1n) is 6.10. The van der Waals surface area contributed by atoms with Crippen molar-refractivity contribution in [3.63, 3.8) is 0 Å². The first-order chi connectivity index (χ1) is 9.66. The Balaban J connectivity index is 2.03. The minimum Gasteiger partial charge on any atom is -0.295 e. The van der Waals surface area contributed by atoms with Crippen LogP contribution in [0.25, 0.3) is 0 Å². The second kappa shape index (κ2) is 5.46. The molecule has 1 amide bonds. The van der Waals surface area contributed by atoms with E-state index in [0.717, 1.165) is 0 Å². The van der Waals surface area contributed by atoms with Crippen molar-refractivity contribution in [3.05, 3.63) is 64.9 Å². The molecule has 1 fully saturated rings. The van der Waals surface area contributed by atoms with Crippen molar-refractivity contribution in [2.24, 2.45) is 0 Å². The van der Waals surface area contributed by atoms with Crippen molar-refractivity contribution in [2.45, 2.75) is 5.37 Å². The first kappa shape index (κ1) is 13.5. The number of carbonyl (C=O) groups excluding carboxylic acids is 1. The molecule has 1 heterocycles. The largest absolute Gasteiger partial charge is 0.295 e. The number of nitrogens with zero attached hydrogens (tertiary/aromatic N) is 1. The Morgan fingerprint density at radius 3 is 2.75 bits per heavy atom. The van der Waals surface area contributed by atoms with E-state index in [-0.39, 0.29) is 17.1 Å². The summed E-state index contributed by atoms with van der Waals surface area (Å²) < 4.78 is 14.0. The third kappa shape index (κ3) is 2.41. The molecule has 2 nitrogen and oxygen atoms in total. The maximum atomic E-state index is 14.0. The number of benzene rings is 2. The molecule has 2 aromatic rings. The van der Waals surface area contributed by atoms with Crippen LogP contribution < -0.4 is 4.90 Å². The third-order valence-corrected chi connectivity index (χ3v) is 4.55. The number of thioether (sulfide) groups is 1. The van der Waals surface area contributed by atoms with E-state index in [1.807, 2.05) is 6.07 Å². The molecule has 0 aliphatic carbocycles. The van der Waals surface area contributed by atoms with Gasteiger partial charge in [-0.3, -0.25) is 9.69 Å². The molecule has 0 saturated carbocycles. The summed E-state index contributed by atoms with van der Waals surface area (Å²) >= 11 is 7.40. The number of amides is 1. The number of halogens is 2. The van der Waals surface area contributed by atoms with Crippen molar-refractivity contribution in [3.8, 4) is 0 Å². The zero-order chi connectivity index (χ0) is 14.1. The van der Waals surface area contributed by atoms with Gasteiger partial charge in [0.2, 0.25) is 5.91 Å². The first-order valence-corrected chi connectivity index (χ1v) is 7.53. The highest BCUT2D eigenvalue weighted by Gasteiger charge is 2.35. The Hall–Kier alpha value is -1.52. The normalized spacial score (nSPS) is 18.6. The fraction of sp³-hybridized carbons (Fsp3) is 0.133. The van der Waals surface area contributed by atoms with E-state index in [1.54, 1.807) is 41.3 Å². The SMILES string of the molecule is O=C1CS[C@H](c2ccccc2F)N1c1cccc(Cl)c1. The van der Waals surface area contributed by atoms with Crippen LogP contribution in [0.15, 0.2) is 48.5 Å². The summed E-state index contributed by atoms with van der Waals surface area (Å²) in [6.45, 7) is 0. The fourth-order valence-electron chi connectivity index (χ4n) is 2.23. The minimum atomic E-state index is -0.345. The predicted molar refractivity (Wildman–Crippen MR) is 80.5 cm³/mol. The molecule has 5 heteroatoms. The van der Waals surface area contributed by atoms with Gasteiger partial charge in [-0.25, -0.2) is 4.39 Å². The van der Waals surface area contributed by atoms with E-state index in [9.17, 15) is 9.18 Å². The summed E-state index contributed by atoms with van der Waals surface area (Å²) in [4.78, 5) is 13.7. The van der Waals surface area contributed by atoms with Crippen molar-refractivity contribution in [1.82, 2.24) is 0 Å². The van der Waals surface area contributed by atoms with Gasteiger partial charge >= 0.3 is 0 Å². The number of rotatable bonds is 2. The maximum Gasteiger partial charge on any atom is 0.238 e. The van der Waals surface area contributed by atoms with Crippen LogP contribution in [-0.4, -0.2) is 11.7 Å². The van der Waals surface area contributed by atoms with Gasteiger partial charge in [-0.15, -0.1) is 11.8 Å².